The van der Waals surface area contributed by atoms with Gasteiger partial charge in [0.05, 0.1) is 15.4 Å². The van der Waals surface area contributed by atoms with E-state index in [1.165, 1.54) is 16.0 Å². The first-order valence-electron chi connectivity index (χ1n) is 6.65. The van der Waals surface area contributed by atoms with Gasteiger partial charge in [0, 0.05) is 6.07 Å². The molecule has 0 unspecified atom stereocenters. The molecule has 0 spiro atoms. The minimum atomic E-state index is -0.144. The Morgan fingerprint density at radius 3 is 2.68 bits per heavy atom. The Morgan fingerprint density at radius 2 is 1.91 bits per heavy atom. The highest BCUT2D eigenvalue weighted by atomic mass is 35.5. The first-order valence-corrected chi connectivity index (χ1v) is 7.85. The Labute approximate surface area is 134 Å². The Bertz CT molecular complexity index is 1020. The van der Waals surface area contributed by atoms with E-state index in [0.29, 0.717) is 15.7 Å². The molecule has 0 fully saturated rings. The van der Waals surface area contributed by atoms with Crippen LogP contribution in [0.15, 0.2) is 59.4 Å². The maximum atomic E-state index is 12.2. The predicted octanol–water partition coefficient (Wildman–Crippen LogP) is 4.10. The zero-order chi connectivity index (χ0) is 15.1. The van der Waals surface area contributed by atoms with Crippen molar-refractivity contribution in [2.24, 2.45) is 0 Å². The SMILES string of the molecule is O=c1cc(-c2ccccc2)[nH]n1-c1nc2c(Cl)cccc2s1. The van der Waals surface area contributed by atoms with Gasteiger partial charge in [0.25, 0.3) is 5.56 Å². The monoisotopic (exact) mass is 327 g/mol. The number of nitrogens with one attached hydrogen (secondary N) is 1. The van der Waals surface area contributed by atoms with Crippen LogP contribution in [0.1, 0.15) is 0 Å². The molecule has 0 bridgehead atoms. The van der Waals surface area contributed by atoms with E-state index in [-0.39, 0.29) is 5.56 Å². The van der Waals surface area contributed by atoms with E-state index in [0.717, 1.165) is 16.0 Å². The zero-order valence-corrected chi connectivity index (χ0v) is 12.9. The van der Waals surface area contributed by atoms with Crippen molar-refractivity contribution in [2.75, 3.05) is 0 Å². The Kier molecular flexibility index (Phi) is 3.10. The van der Waals surface area contributed by atoms with Gasteiger partial charge in [0.15, 0.2) is 0 Å². The molecule has 1 N–H and O–H groups in total. The van der Waals surface area contributed by atoms with Crippen LogP contribution < -0.4 is 5.56 Å². The van der Waals surface area contributed by atoms with Crippen molar-refractivity contribution in [1.29, 1.82) is 0 Å². The van der Waals surface area contributed by atoms with Crippen molar-refractivity contribution >= 4 is 33.2 Å². The van der Waals surface area contributed by atoms with E-state index in [1.807, 2.05) is 42.5 Å². The van der Waals surface area contributed by atoms with Gasteiger partial charge in [-0.3, -0.25) is 9.89 Å². The van der Waals surface area contributed by atoms with E-state index in [4.69, 9.17) is 11.6 Å². The molecule has 4 nitrogen and oxygen atoms in total. The molecule has 4 rings (SSSR count). The fourth-order valence-electron chi connectivity index (χ4n) is 2.30. The topological polar surface area (TPSA) is 50.7 Å². The second-order valence-electron chi connectivity index (χ2n) is 4.79. The molecular weight excluding hydrogens is 318 g/mol. The van der Waals surface area contributed by atoms with Gasteiger partial charge in [-0.05, 0) is 17.7 Å². The molecule has 6 heteroatoms. The number of aromatic nitrogens is 3. The first kappa shape index (κ1) is 13.3. The summed E-state index contributed by atoms with van der Waals surface area (Å²) in [6.07, 6.45) is 0. The third-order valence-corrected chi connectivity index (χ3v) is 4.67. The number of para-hydroxylation sites is 1. The molecule has 2 heterocycles. The highest BCUT2D eigenvalue weighted by Crippen LogP contribution is 2.29. The van der Waals surface area contributed by atoms with Gasteiger partial charge in [-0.1, -0.05) is 59.3 Å². The van der Waals surface area contributed by atoms with Crippen molar-refractivity contribution in [3.05, 3.63) is 70.0 Å². The van der Waals surface area contributed by atoms with Crippen LogP contribution in [0.25, 0.3) is 26.6 Å². The molecule has 2 aromatic carbocycles. The second kappa shape index (κ2) is 5.12. The summed E-state index contributed by atoms with van der Waals surface area (Å²) < 4.78 is 2.40. The number of rotatable bonds is 2. The number of hydrogen-bond acceptors (Lipinski definition) is 3. The molecule has 0 amide bonds. The summed E-state index contributed by atoms with van der Waals surface area (Å²) in [5.41, 5.74) is 2.29. The molecule has 22 heavy (non-hydrogen) atoms. The standard InChI is InChI=1S/C16H10ClN3OS/c17-11-7-4-8-13-15(11)18-16(22-13)20-14(21)9-12(19-20)10-5-2-1-3-6-10/h1-9,19H. The number of aromatic amines is 1. The largest absolute Gasteiger partial charge is 0.288 e. The zero-order valence-electron chi connectivity index (χ0n) is 11.3. The molecule has 0 atom stereocenters. The highest BCUT2D eigenvalue weighted by molar-refractivity contribution is 7.20. The number of benzene rings is 2. The van der Waals surface area contributed by atoms with Crippen molar-refractivity contribution in [2.45, 2.75) is 0 Å². The summed E-state index contributed by atoms with van der Waals surface area (Å²) in [5, 5.41) is 4.27. The van der Waals surface area contributed by atoms with E-state index < -0.39 is 0 Å². The van der Waals surface area contributed by atoms with Crippen LogP contribution in [0.3, 0.4) is 0 Å². The number of H-pyrrole nitrogens is 1. The third kappa shape index (κ3) is 2.15. The molecule has 0 saturated heterocycles. The van der Waals surface area contributed by atoms with Crippen LogP contribution in [0.2, 0.25) is 5.02 Å². The molecule has 0 aliphatic rings. The van der Waals surface area contributed by atoms with Gasteiger partial charge in [0.2, 0.25) is 5.13 Å². The summed E-state index contributed by atoms with van der Waals surface area (Å²) in [6.45, 7) is 0. The van der Waals surface area contributed by atoms with E-state index in [9.17, 15) is 4.79 Å². The lowest BCUT2D eigenvalue weighted by atomic mass is 10.2. The molecular formula is C16H10ClN3OS. The number of hydrogen-bond donors (Lipinski definition) is 1. The Balaban J connectivity index is 1.87. The quantitative estimate of drug-likeness (QED) is 0.602. The number of fused-ring (bicyclic) bond motifs is 1. The average Bonchev–Trinajstić information content (AvgIpc) is 3.12. The maximum Gasteiger partial charge on any atom is 0.273 e. The van der Waals surface area contributed by atoms with Crippen LogP contribution >= 0.6 is 22.9 Å². The fourth-order valence-corrected chi connectivity index (χ4v) is 3.53. The van der Waals surface area contributed by atoms with Crippen molar-refractivity contribution in [3.63, 3.8) is 0 Å². The lowest BCUT2D eigenvalue weighted by molar-refractivity contribution is 0.846. The molecule has 4 aromatic rings. The number of thiazole rings is 1. The van der Waals surface area contributed by atoms with Crippen LogP contribution in [0.5, 0.6) is 0 Å². The van der Waals surface area contributed by atoms with E-state index in [1.54, 1.807) is 12.1 Å². The average molecular weight is 328 g/mol. The molecule has 108 valence electrons. The smallest absolute Gasteiger partial charge is 0.273 e. The van der Waals surface area contributed by atoms with Crippen LogP contribution in [0.4, 0.5) is 0 Å². The van der Waals surface area contributed by atoms with Crippen LogP contribution in [-0.2, 0) is 0 Å². The highest BCUT2D eigenvalue weighted by Gasteiger charge is 2.12. The van der Waals surface area contributed by atoms with Gasteiger partial charge >= 0.3 is 0 Å². The van der Waals surface area contributed by atoms with E-state index in [2.05, 4.69) is 10.1 Å². The summed E-state index contributed by atoms with van der Waals surface area (Å²) in [6, 6.07) is 16.9. The van der Waals surface area contributed by atoms with Crippen molar-refractivity contribution in [3.8, 4) is 16.4 Å². The number of halogens is 1. The number of nitrogens with zero attached hydrogens (tertiary/aromatic N) is 2. The summed E-state index contributed by atoms with van der Waals surface area (Å²) in [4.78, 5) is 16.7. The molecule has 0 aliphatic carbocycles. The molecule has 0 aliphatic heterocycles. The summed E-state index contributed by atoms with van der Waals surface area (Å²) >= 11 is 7.57. The second-order valence-corrected chi connectivity index (χ2v) is 6.21. The van der Waals surface area contributed by atoms with Gasteiger partial charge in [-0.15, -0.1) is 0 Å². The lowest BCUT2D eigenvalue weighted by Gasteiger charge is -1.97. The maximum absolute atomic E-state index is 12.2. The van der Waals surface area contributed by atoms with E-state index >= 15 is 0 Å². The molecule has 0 saturated carbocycles. The Hall–Kier alpha value is -2.37. The van der Waals surface area contributed by atoms with Crippen LogP contribution in [-0.4, -0.2) is 14.8 Å². The van der Waals surface area contributed by atoms with Crippen molar-refractivity contribution < 1.29 is 0 Å². The van der Waals surface area contributed by atoms with Gasteiger partial charge < -0.3 is 0 Å². The van der Waals surface area contributed by atoms with Crippen LogP contribution in [0, 0.1) is 0 Å². The normalized spacial score (nSPS) is 11.1. The van der Waals surface area contributed by atoms with Gasteiger partial charge in [0.1, 0.15) is 5.52 Å². The van der Waals surface area contributed by atoms with Crippen molar-refractivity contribution in [1.82, 2.24) is 14.8 Å². The first-order chi connectivity index (χ1) is 10.7. The summed E-state index contributed by atoms with van der Waals surface area (Å²) in [7, 11) is 0. The fraction of sp³-hybridized carbons (Fsp3) is 0. The van der Waals surface area contributed by atoms with Gasteiger partial charge in [-0.2, -0.15) is 4.68 Å². The summed E-state index contributed by atoms with van der Waals surface area (Å²) in [5.74, 6) is 0. The van der Waals surface area contributed by atoms with Gasteiger partial charge in [-0.25, -0.2) is 4.98 Å². The lowest BCUT2D eigenvalue weighted by Crippen LogP contribution is -2.12. The Morgan fingerprint density at radius 1 is 1.09 bits per heavy atom. The minimum absolute atomic E-state index is 0.144. The minimum Gasteiger partial charge on any atom is -0.288 e. The predicted molar refractivity (Wildman–Crippen MR) is 90.0 cm³/mol. The molecule has 2 aromatic heterocycles. The third-order valence-electron chi connectivity index (χ3n) is 3.35. The molecule has 0 radical (unpaired) electrons.